The van der Waals surface area contributed by atoms with E-state index in [0.29, 0.717) is 6.42 Å². The molecule has 88 valence electrons. The molecule has 0 heterocycles. The van der Waals surface area contributed by atoms with Crippen LogP contribution in [-0.2, 0) is 17.6 Å². The van der Waals surface area contributed by atoms with Gasteiger partial charge in [0.25, 0.3) is 0 Å². The Kier molecular flexibility index (Phi) is 4.89. The Morgan fingerprint density at radius 2 is 2.25 bits per heavy atom. The number of hydrogen-bond acceptors (Lipinski definition) is 2. The molecule has 0 bridgehead atoms. The third-order valence-corrected chi connectivity index (χ3v) is 2.99. The van der Waals surface area contributed by atoms with E-state index >= 15 is 0 Å². The summed E-state index contributed by atoms with van der Waals surface area (Å²) in [5.41, 5.74) is 7.11. The van der Waals surface area contributed by atoms with Gasteiger partial charge < -0.3 is 10.8 Å². The molecule has 0 spiro atoms. The fourth-order valence-corrected chi connectivity index (χ4v) is 1.99. The Hall–Kier alpha value is -0.940. The number of aliphatic carboxylic acids is 1. The van der Waals surface area contributed by atoms with E-state index in [4.69, 9.17) is 10.8 Å². The number of alkyl halides is 1. The standard InChI is InChI=1S/C11H13BrFNO2/c12-9-5-7(6-10(14)11(15)16)1-2-8(9)3-4-13/h1-2,5,10H,3-4,6,14H2,(H,15,16). The average Bonchev–Trinajstić information content (AvgIpc) is 2.22. The third-order valence-electron chi connectivity index (χ3n) is 2.25. The van der Waals surface area contributed by atoms with Crippen molar-refractivity contribution in [2.45, 2.75) is 18.9 Å². The van der Waals surface area contributed by atoms with Crippen molar-refractivity contribution in [1.29, 1.82) is 0 Å². The lowest BCUT2D eigenvalue weighted by atomic mass is 10.0. The maximum Gasteiger partial charge on any atom is 0.320 e. The summed E-state index contributed by atoms with van der Waals surface area (Å²) in [5, 5.41) is 8.67. The van der Waals surface area contributed by atoms with Gasteiger partial charge in [-0.2, -0.15) is 0 Å². The van der Waals surface area contributed by atoms with E-state index in [9.17, 15) is 9.18 Å². The summed E-state index contributed by atoms with van der Waals surface area (Å²) in [6, 6.07) is 4.44. The number of aryl methyl sites for hydroxylation is 1. The quantitative estimate of drug-likeness (QED) is 0.870. The average molecular weight is 290 g/mol. The number of hydrogen-bond donors (Lipinski definition) is 2. The smallest absolute Gasteiger partial charge is 0.320 e. The van der Waals surface area contributed by atoms with Crippen LogP contribution >= 0.6 is 15.9 Å². The molecule has 3 N–H and O–H groups in total. The summed E-state index contributed by atoms with van der Waals surface area (Å²) in [7, 11) is 0. The highest BCUT2D eigenvalue weighted by Gasteiger charge is 2.12. The molecule has 0 amide bonds. The van der Waals surface area contributed by atoms with Crippen LogP contribution in [0.25, 0.3) is 0 Å². The first kappa shape index (κ1) is 13.1. The summed E-state index contributed by atoms with van der Waals surface area (Å²) < 4.78 is 12.9. The summed E-state index contributed by atoms with van der Waals surface area (Å²) in [6.45, 7) is -0.410. The van der Waals surface area contributed by atoms with E-state index < -0.39 is 18.7 Å². The molecule has 1 atom stereocenters. The molecule has 0 aliphatic rings. The Bertz CT molecular complexity index is 384. The molecule has 3 nitrogen and oxygen atoms in total. The Morgan fingerprint density at radius 3 is 2.75 bits per heavy atom. The molecule has 16 heavy (non-hydrogen) atoms. The van der Waals surface area contributed by atoms with Crippen molar-refractivity contribution in [1.82, 2.24) is 0 Å². The molecule has 0 radical (unpaired) electrons. The Morgan fingerprint density at radius 1 is 1.56 bits per heavy atom. The van der Waals surface area contributed by atoms with Crippen molar-refractivity contribution in [3.63, 3.8) is 0 Å². The minimum atomic E-state index is -1.02. The van der Waals surface area contributed by atoms with E-state index in [1.54, 1.807) is 18.2 Å². The minimum Gasteiger partial charge on any atom is -0.480 e. The van der Waals surface area contributed by atoms with Gasteiger partial charge in [-0.05, 0) is 23.6 Å². The van der Waals surface area contributed by atoms with Crippen LogP contribution in [0.5, 0.6) is 0 Å². The Balaban J connectivity index is 2.77. The van der Waals surface area contributed by atoms with Crippen LogP contribution in [0.1, 0.15) is 11.1 Å². The summed E-state index contributed by atoms with van der Waals surface area (Å²) in [5.74, 6) is -1.02. The minimum absolute atomic E-state index is 0.268. The number of halogens is 2. The van der Waals surface area contributed by atoms with Crippen LogP contribution in [0, 0.1) is 0 Å². The molecule has 1 aromatic rings. The van der Waals surface area contributed by atoms with Crippen LogP contribution < -0.4 is 5.73 Å². The topological polar surface area (TPSA) is 63.3 Å². The van der Waals surface area contributed by atoms with Crippen LogP contribution in [0.4, 0.5) is 4.39 Å². The van der Waals surface area contributed by atoms with E-state index in [2.05, 4.69) is 15.9 Å². The van der Waals surface area contributed by atoms with E-state index in [-0.39, 0.29) is 6.42 Å². The summed E-state index contributed by atoms with van der Waals surface area (Å²) in [6.07, 6.45) is 0.621. The third kappa shape index (κ3) is 3.57. The van der Waals surface area contributed by atoms with Crippen LogP contribution in [0.15, 0.2) is 22.7 Å². The normalized spacial score (nSPS) is 12.4. The largest absolute Gasteiger partial charge is 0.480 e. The molecule has 0 aliphatic carbocycles. The number of carboxylic acid groups (broad SMARTS) is 1. The first-order chi connectivity index (χ1) is 7.54. The lowest BCUT2D eigenvalue weighted by Gasteiger charge is -2.08. The molecule has 0 saturated heterocycles. The lowest BCUT2D eigenvalue weighted by molar-refractivity contribution is -0.138. The number of benzene rings is 1. The number of rotatable bonds is 5. The van der Waals surface area contributed by atoms with Gasteiger partial charge >= 0.3 is 5.97 Å². The molecule has 1 aromatic carbocycles. The van der Waals surface area contributed by atoms with Crippen molar-refractivity contribution < 1.29 is 14.3 Å². The van der Waals surface area contributed by atoms with Gasteiger partial charge in [0.05, 0.1) is 6.67 Å². The van der Waals surface area contributed by atoms with Crippen molar-refractivity contribution in [2.24, 2.45) is 5.73 Å². The summed E-state index contributed by atoms with van der Waals surface area (Å²) in [4.78, 5) is 10.6. The van der Waals surface area contributed by atoms with E-state index in [1.165, 1.54) is 0 Å². The zero-order valence-electron chi connectivity index (χ0n) is 8.62. The molecule has 5 heteroatoms. The van der Waals surface area contributed by atoms with Gasteiger partial charge in [0, 0.05) is 10.9 Å². The monoisotopic (exact) mass is 289 g/mol. The molecule has 0 fully saturated rings. The van der Waals surface area contributed by atoms with Crippen LogP contribution in [-0.4, -0.2) is 23.8 Å². The van der Waals surface area contributed by atoms with Crippen molar-refractivity contribution in [3.05, 3.63) is 33.8 Å². The van der Waals surface area contributed by atoms with Crippen molar-refractivity contribution in [2.75, 3.05) is 6.67 Å². The highest BCUT2D eigenvalue weighted by atomic mass is 79.9. The predicted octanol–water partition coefficient (Wildman–Crippen LogP) is 1.92. The number of carboxylic acids is 1. The highest BCUT2D eigenvalue weighted by molar-refractivity contribution is 9.10. The molecular weight excluding hydrogens is 277 g/mol. The molecule has 0 saturated carbocycles. The molecule has 1 rings (SSSR count). The zero-order chi connectivity index (χ0) is 12.1. The summed E-state index contributed by atoms with van der Waals surface area (Å²) >= 11 is 3.32. The molecule has 0 aromatic heterocycles. The molecular formula is C11H13BrFNO2. The van der Waals surface area contributed by atoms with Gasteiger partial charge in [0.1, 0.15) is 6.04 Å². The zero-order valence-corrected chi connectivity index (χ0v) is 10.2. The first-order valence-electron chi connectivity index (χ1n) is 4.86. The molecule has 0 aliphatic heterocycles. The maximum atomic E-state index is 12.2. The van der Waals surface area contributed by atoms with Gasteiger partial charge in [0.2, 0.25) is 0 Å². The second kappa shape index (κ2) is 5.96. The van der Waals surface area contributed by atoms with Gasteiger partial charge in [-0.15, -0.1) is 0 Å². The second-order valence-corrected chi connectivity index (χ2v) is 4.37. The van der Waals surface area contributed by atoms with Gasteiger partial charge in [-0.3, -0.25) is 9.18 Å². The van der Waals surface area contributed by atoms with E-state index in [1.807, 2.05) is 0 Å². The van der Waals surface area contributed by atoms with Crippen molar-refractivity contribution in [3.8, 4) is 0 Å². The van der Waals surface area contributed by atoms with Gasteiger partial charge in [-0.25, -0.2) is 0 Å². The number of carbonyl (C=O) groups is 1. The maximum absolute atomic E-state index is 12.2. The van der Waals surface area contributed by atoms with Gasteiger partial charge in [-0.1, -0.05) is 28.1 Å². The molecule has 1 unspecified atom stereocenters. The SMILES string of the molecule is NC(Cc1ccc(CCF)c(Br)c1)C(=O)O. The highest BCUT2D eigenvalue weighted by Crippen LogP contribution is 2.20. The van der Waals surface area contributed by atoms with E-state index in [0.717, 1.165) is 15.6 Å². The van der Waals surface area contributed by atoms with Crippen molar-refractivity contribution >= 4 is 21.9 Å². The van der Waals surface area contributed by atoms with Crippen LogP contribution in [0.3, 0.4) is 0 Å². The first-order valence-corrected chi connectivity index (χ1v) is 5.65. The lowest BCUT2D eigenvalue weighted by Crippen LogP contribution is -2.32. The fraction of sp³-hybridized carbons (Fsp3) is 0.364. The fourth-order valence-electron chi connectivity index (χ4n) is 1.36. The van der Waals surface area contributed by atoms with Crippen LogP contribution in [0.2, 0.25) is 0 Å². The number of nitrogens with two attached hydrogens (primary N) is 1. The Labute approximate surface area is 102 Å². The second-order valence-electron chi connectivity index (χ2n) is 3.51. The predicted molar refractivity (Wildman–Crippen MR) is 63.1 cm³/mol. The van der Waals surface area contributed by atoms with Gasteiger partial charge in [0.15, 0.2) is 0 Å².